The number of hydrogen-bond donors (Lipinski definition) is 1. The van der Waals surface area contributed by atoms with Gasteiger partial charge in [0.1, 0.15) is 6.10 Å². The average molecular weight is 485 g/mol. The zero-order valence-corrected chi connectivity index (χ0v) is 23.9. The molecule has 0 aromatic heterocycles. The average Bonchev–Trinajstić information content (AvgIpc) is 2.99. The zero-order valence-electron chi connectivity index (χ0n) is 23.9. The Morgan fingerprint density at radius 2 is 1.43 bits per heavy atom. The van der Waals surface area contributed by atoms with E-state index in [1.54, 1.807) is 6.92 Å². The maximum atomic E-state index is 12.4. The Hall–Kier alpha value is -0.830. The second-order valence-corrected chi connectivity index (χ2v) is 15.5. The van der Waals surface area contributed by atoms with Crippen LogP contribution < -0.4 is 0 Å². The predicted octanol–water partition coefficient (Wildman–Crippen LogP) is 7.71. The molecule has 0 spiro atoms. The summed E-state index contributed by atoms with van der Waals surface area (Å²) < 4.78 is 6.29. The summed E-state index contributed by atoms with van der Waals surface area (Å²) in [6, 6.07) is 0. The van der Waals surface area contributed by atoms with E-state index < -0.39 is 5.60 Å². The van der Waals surface area contributed by atoms with Crippen molar-refractivity contribution in [1.82, 2.24) is 0 Å². The van der Waals surface area contributed by atoms with E-state index >= 15 is 0 Å². The number of rotatable bonds is 2. The van der Waals surface area contributed by atoms with Crippen LogP contribution in [0.5, 0.6) is 0 Å². The van der Waals surface area contributed by atoms with Crippen molar-refractivity contribution in [2.45, 2.75) is 131 Å². The minimum Gasteiger partial charge on any atom is -0.462 e. The zero-order chi connectivity index (χ0) is 25.8. The Morgan fingerprint density at radius 3 is 2.03 bits per heavy atom. The van der Waals surface area contributed by atoms with E-state index in [9.17, 15) is 9.90 Å². The van der Waals surface area contributed by atoms with Crippen molar-refractivity contribution < 1.29 is 14.6 Å². The molecule has 5 fully saturated rings. The van der Waals surface area contributed by atoms with Crippen LogP contribution in [0.1, 0.15) is 120 Å². The molecule has 0 unspecified atom stereocenters. The molecule has 1 N–H and O–H groups in total. The summed E-state index contributed by atoms with van der Waals surface area (Å²) in [6.07, 6.45) is 11.5. The molecule has 0 aliphatic heterocycles. The molecule has 5 aliphatic carbocycles. The molecule has 3 heteroatoms. The van der Waals surface area contributed by atoms with Crippen molar-refractivity contribution in [2.24, 2.45) is 50.7 Å². The molecule has 5 aliphatic rings. The van der Waals surface area contributed by atoms with Crippen LogP contribution >= 0.6 is 0 Å². The van der Waals surface area contributed by atoms with E-state index in [-0.39, 0.29) is 39.1 Å². The van der Waals surface area contributed by atoms with Crippen LogP contribution in [-0.2, 0) is 9.53 Å². The second kappa shape index (κ2) is 7.61. The third kappa shape index (κ3) is 3.15. The lowest BCUT2D eigenvalue weighted by Gasteiger charge is -2.74. The van der Waals surface area contributed by atoms with Crippen LogP contribution in [0, 0.1) is 50.7 Å². The maximum Gasteiger partial charge on any atom is 0.302 e. The molecule has 198 valence electrons. The second-order valence-electron chi connectivity index (χ2n) is 15.5. The van der Waals surface area contributed by atoms with Gasteiger partial charge in [-0.25, -0.2) is 0 Å². The minimum atomic E-state index is -0.703. The van der Waals surface area contributed by atoms with Crippen LogP contribution in [0.15, 0.2) is 12.2 Å². The van der Waals surface area contributed by atoms with Gasteiger partial charge in [0.15, 0.2) is 0 Å². The largest absolute Gasteiger partial charge is 0.462 e. The highest BCUT2D eigenvalue weighted by Gasteiger charge is 2.73. The Labute approximate surface area is 214 Å². The van der Waals surface area contributed by atoms with E-state index in [2.05, 4.69) is 48.1 Å². The van der Waals surface area contributed by atoms with E-state index in [4.69, 9.17) is 4.74 Å². The number of fused-ring (bicyclic) bond motifs is 7. The van der Waals surface area contributed by atoms with E-state index in [1.165, 1.54) is 32.1 Å². The number of ether oxygens (including phenoxy) is 1. The topological polar surface area (TPSA) is 46.5 Å². The molecule has 0 aromatic rings. The summed E-state index contributed by atoms with van der Waals surface area (Å²) in [5, 5.41) is 11.7. The Kier molecular flexibility index (Phi) is 5.61. The van der Waals surface area contributed by atoms with Gasteiger partial charge in [0.25, 0.3) is 0 Å². The normalized spacial score (nSPS) is 54.6. The molecule has 10 atom stereocenters. The van der Waals surface area contributed by atoms with Crippen LogP contribution in [0.25, 0.3) is 0 Å². The first kappa shape index (κ1) is 25.8. The monoisotopic (exact) mass is 484 g/mol. The van der Waals surface area contributed by atoms with Crippen molar-refractivity contribution >= 4 is 5.97 Å². The lowest BCUT2D eigenvalue weighted by atomic mass is 9.31. The van der Waals surface area contributed by atoms with Crippen LogP contribution in [-0.4, -0.2) is 22.8 Å². The fourth-order valence-corrected chi connectivity index (χ4v) is 12.3. The third-order valence-corrected chi connectivity index (χ3v) is 13.7. The molecule has 0 aromatic carbocycles. The van der Waals surface area contributed by atoms with Gasteiger partial charge in [0.2, 0.25) is 0 Å². The number of aliphatic hydroxyl groups is 1. The van der Waals surface area contributed by atoms with Gasteiger partial charge in [-0.1, -0.05) is 54.5 Å². The molecule has 0 bridgehead atoms. The molecule has 5 saturated carbocycles. The Morgan fingerprint density at radius 1 is 0.800 bits per heavy atom. The van der Waals surface area contributed by atoms with Gasteiger partial charge >= 0.3 is 5.97 Å². The molecule has 3 nitrogen and oxygen atoms in total. The fourth-order valence-electron chi connectivity index (χ4n) is 12.3. The van der Waals surface area contributed by atoms with Gasteiger partial charge < -0.3 is 9.84 Å². The van der Waals surface area contributed by atoms with E-state index in [1.807, 2.05) is 6.92 Å². The standard InChI is InChI=1S/C32H52O3/c1-20(2)32(34)18-17-28(6)23-11-12-24-29(7)15-10-14-27(4,5)26(29)22(35-21(3)33)19-31(24,9)30(23,8)16-13-25(28)32/h22-26,34H,1,10-19H2,2-9H3/t22-,23+,24+,25+,26-,28+,29+,30+,31+,32-/m0/s1. The molecule has 35 heavy (non-hydrogen) atoms. The van der Waals surface area contributed by atoms with Crippen molar-refractivity contribution in [3.05, 3.63) is 12.2 Å². The lowest BCUT2D eigenvalue weighted by molar-refractivity contribution is -0.272. The third-order valence-electron chi connectivity index (χ3n) is 13.7. The molecule has 0 amide bonds. The lowest BCUT2D eigenvalue weighted by Crippen LogP contribution is -2.69. The van der Waals surface area contributed by atoms with Gasteiger partial charge in [-0.15, -0.1) is 0 Å². The first-order valence-electron chi connectivity index (χ1n) is 14.6. The van der Waals surface area contributed by atoms with Crippen LogP contribution in [0.4, 0.5) is 0 Å². The summed E-state index contributed by atoms with van der Waals surface area (Å²) in [4.78, 5) is 12.4. The number of carbonyl (C=O) groups excluding carboxylic acids is 1. The summed E-state index contributed by atoms with van der Waals surface area (Å²) in [6.45, 7) is 23.0. The van der Waals surface area contributed by atoms with Crippen molar-refractivity contribution in [3.63, 3.8) is 0 Å². The first-order valence-corrected chi connectivity index (χ1v) is 14.6. The number of hydrogen-bond acceptors (Lipinski definition) is 3. The summed E-state index contributed by atoms with van der Waals surface area (Å²) in [7, 11) is 0. The summed E-state index contributed by atoms with van der Waals surface area (Å²) >= 11 is 0. The Bertz CT molecular complexity index is 922. The number of carbonyl (C=O) groups is 1. The molecular formula is C32H52O3. The minimum absolute atomic E-state index is 0.00563. The fraction of sp³-hybridized carbons (Fsp3) is 0.906. The van der Waals surface area contributed by atoms with E-state index in [0.717, 1.165) is 37.7 Å². The van der Waals surface area contributed by atoms with Gasteiger partial charge in [-0.2, -0.15) is 0 Å². The first-order chi connectivity index (χ1) is 16.1. The summed E-state index contributed by atoms with van der Waals surface area (Å²) in [5.41, 5.74) is 1.12. The SMILES string of the molecule is C=C(C)[C@@]1(O)CC[C@@]2(C)[C@H]1CC[C@]1(C)[C@@H]2CC[C@@H]2[C@@]3(C)CCCC(C)(C)[C@@H]3[C@@H](OC(C)=O)C[C@]21C. The van der Waals surface area contributed by atoms with Crippen molar-refractivity contribution in [1.29, 1.82) is 0 Å². The predicted molar refractivity (Wildman–Crippen MR) is 142 cm³/mol. The quantitative estimate of drug-likeness (QED) is 0.322. The van der Waals surface area contributed by atoms with Gasteiger partial charge in [0.05, 0.1) is 5.60 Å². The van der Waals surface area contributed by atoms with Gasteiger partial charge in [-0.05, 0) is 115 Å². The molecule has 0 radical (unpaired) electrons. The maximum absolute atomic E-state index is 12.4. The van der Waals surface area contributed by atoms with E-state index in [0.29, 0.717) is 23.7 Å². The van der Waals surface area contributed by atoms with Crippen LogP contribution in [0.3, 0.4) is 0 Å². The highest BCUT2D eigenvalue weighted by Crippen LogP contribution is 2.78. The van der Waals surface area contributed by atoms with Crippen molar-refractivity contribution in [2.75, 3.05) is 0 Å². The number of esters is 1. The molecular weight excluding hydrogens is 432 g/mol. The highest BCUT2D eigenvalue weighted by molar-refractivity contribution is 5.66. The van der Waals surface area contributed by atoms with Gasteiger partial charge in [-0.3, -0.25) is 4.79 Å². The summed E-state index contributed by atoms with van der Waals surface area (Å²) in [5.74, 6) is 1.89. The smallest absolute Gasteiger partial charge is 0.302 e. The van der Waals surface area contributed by atoms with Gasteiger partial charge in [0, 0.05) is 12.8 Å². The van der Waals surface area contributed by atoms with Crippen molar-refractivity contribution in [3.8, 4) is 0 Å². The molecule has 5 rings (SSSR count). The highest BCUT2D eigenvalue weighted by atomic mass is 16.5. The van der Waals surface area contributed by atoms with Crippen LogP contribution in [0.2, 0.25) is 0 Å². The molecule has 0 saturated heterocycles. The Balaban J connectivity index is 1.59. The molecule has 0 heterocycles.